The minimum Gasteiger partial charge on any atom is -0.469 e. The number of thiazole rings is 1. The highest BCUT2D eigenvalue weighted by molar-refractivity contribution is 7.15. The Balaban J connectivity index is 0.917. The first-order chi connectivity index (χ1) is 34.3. The highest BCUT2D eigenvalue weighted by Crippen LogP contribution is 2.41. The first kappa shape index (κ1) is 50.1. The molecule has 3 aromatic heterocycles. The number of hydrogen-bond acceptors (Lipinski definition) is 13. The van der Waals surface area contributed by atoms with Crippen LogP contribution in [0.5, 0.6) is 0 Å². The molecule has 0 aliphatic carbocycles. The molecule has 0 spiro atoms. The SMILES string of the molecule is COC(=O)C[C@@H]1N=C(c2ccc(-c3ccc4c(c3)N(CC(=O)NC(C(=O)N3C[C@H](O)C[C@H]3C(=O)N[C@@H](C)c3ccc(-c5scnc5C)cc3)C(C)(C)C)C(=O)CC4)cc2)c2c(sc(C)c2C)-n2c(C)nnc21. The van der Waals surface area contributed by atoms with E-state index < -0.39 is 53.3 Å². The van der Waals surface area contributed by atoms with Gasteiger partial charge in [-0.05, 0) is 85.9 Å². The van der Waals surface area contributed by atoms with Gasteiger partial charge >= 0.3 is 5.97 Å². The molecule has 6 aromatic rings. The van der Waals surface area contributed by atoms with Gasteiger partial charge in [0.2, 0.25) is 23.6 Å². The van der Waals surface area contributed by atoms with E-state index in [2.05, 4.69) is 39.7 Å². The van der Waals surface area contributed by atoms with Crippen molar-refractivity contribution < 1.29 is 33.8 Å². The van der Waals surface area contributed by atoms with E-state index in [-0.39, 0.29) is 44.3 Å². The zero-order chi connectivity index (χ0) is 51.3. The first-order valence-corrected chi connectivity index (χ1v) is 25.8. The lowest BCUT2D eigenvalue weighted by atomic mass is 9.85. The quantitative estimate of drug-likeness (QED) is 0.103. The van der Waals surface area contributed by atoms with Crippen molar-refractivity contribution in [2.24, 2.45) is 10.4 Å². The van der Waals surface area contributed by atoms with Gasteiger partial charge in [-0.2, -0.15) is 0 Å². The molecule has 72 heavy (non-hydrogen) atoms. The van der Waals surface area contributed by atoms with Crippen LogP contribution in [0, 0.1) is 33.1 Å². The minimum atomic E-state index is -1.08. The highest BCUT2D eigenvalue weighted by Gasteiger charge is 2.45. The number of carbonyl (C=O) groups excluding carboxylic acids is 5. The fourth-order valence-corrected chi connectivity index (χ4v) is 11.9. The minimum absolute atomic E-state index is 0.00785. The summed E-state index contributed by atoms with van der Waals surface area (Å²) in [6, 6.07) is 18.7. The molecule has 3 aromatic carbocycles. The fourth-order valence-electron chi connectivity index (χ4n) is 9.84. The third-order valence-corrected chi connectivity index (χ3v) is 16.1. The smallest absolute Gasteiger partial charge is 0.308 e. The van der Waals surface area contributed by atoms with E-state index >= 15 is 0 Å². The van der Waals surface area contributed by atoms with E-state index in [1.54, 1.807) is 22.7 Å². The van der Waals surface area contributed by atoms with Gasteiger partial charge in [0.15, 0.2) is 5.82 Å². The summed E-state index contributed by atoms with van der Waals surface area (Å²) >= 11 is 3.19. The summed E-state index contributed by atoms with van der Waals surface area (Å²) in [5.74, 6) is -0.797. The number of β-amino-alcohol motifs (C(OH)–C–C–N with tert-alkyl or cyclic N) is 1. The molecule has 1 unspecified atom stereocenters. The highest BCUT2D eigenvalue weighted by atomic mass is 32.1. The number of benzene rings is 3. The van der Waals surface area contributed by atoms with Crippen LogP contribution < -0.4 is 15.5 Å². The van der Waals surface area contributed by atoms with Gasteiger partial charge in [-0.15, -0.1) is 32.9 Å². The van der Waals surface area contributed by atoms with Gasteiger partial charge in [-0.25, -0.2) is 4.98 Å². The van der Waals surface area contributed by atoms with E-state index in [0.717, 1.165) is 70.7 Å². The third kappa shape index (κ3) is 9.74. The molecule has 0 saturated carbocycles. The number of hydrogen-bond donors (Lipinski definition) is 3. The first-order valence-electron chi connectivity index (χ1n) is 24.1. The van der Waals surface area contributed by atoms with E-state index in [4.69, 9.17) is 9.73 Å². The van der Waals surface area contributed by atoms with Crippen molar-refractivity contribution in [1.82, 2.24) is 35.3 Å². The molecule has 3 N–H and O–H groups in total. The van der Waals surface area contributed by atoms with Gasteiger partial charge in [0.05, 0.1) is 47.5 Å². The summed E-state index contributed by atoms with van der Waals surface area (Å²) in [5.41, 5.74) is 10.7. The predicted molar refractivity (Wildman–Crippen MR) is 277 cm³/mol. The van der Waals surface area contributed by atoms with Gasteiger partial charge in [0, 0.05) is 41.1 Å². The number of nitrogens with zero attached hydrogens (tertiary/aromatic N) is 7. The lowest BCUT2D eigenvalue weighted by Gasteiger charge is -2.36. The van der Waals surface area contributed by atoms with Crippen molar-refractivity contribution in [2.75, 3.05) is 25.1 Å². The molecule has 16 nitrogen and oxygen atoms in total. The number of nitrogens with one attached hydrogen (secondary N) is 2. The Bertz CT molecular complexity index is 3130. The normalized spacial score (nSPS) is 18.3. The Morgan fingerprint density at radius 3 is 2.28 bits per heavy atom. The number of thiophene rings is 1. The maximum absolute atomic E-state index is 14.5. The van der Waals surface area contributed by atoms with Crippen LogP contribution in [-0.4, -0.2) is 103 Å². The van der Waals surface area contributed by atoms with Crippen LogP contribution >= 0.6 is 22.7 Å². The second-order valence-electron chi connectivity index (χ2n) is 20.0. The number of likely N-dealkylation sites (tertiary alicyclic amines) is 1. The van der Waals surface area contributed by atoms with E-state index in [9.17, 15) is 29.1 Å². The number of methoxy groups -OCH3 is 1. The van der Waals surface area contributed by atoms with Crippen molar-refractivity contribution in [3.8, 4) is 26.6 Å². The van der Waals surface area contributed by atoms with Crippen LogP contribution in [0.3, 0.4) is 0 Å². The number of aliphatic hydroxyl groups is 1. The molecule has 1 fully saturated rings. The Morgan fingerprint density at radius 1 is 0.903 bits per heavy atom. The number of rotatable bonds is 12. The van der Waals surface area contributed by atoms with Crippen molar-refractivity contribution in [2.45, 2.75) is 111 Å². The molecule has 6 heterocycles. The molecule has 3 aliphatic heterocycles. The molecular weight excluding hydrogens is 951 g/mol. The lowest BCUT2D eigenvalue weighted by Crippen LogP contribution is -2.59. The number of amides is 4. The van der Waals surface area contributed by atoms with Crippen LogP contribution in [0.4, 0.5) is 5.69 Å². The van der Waals surface area contributed by atoms with Gasteiger partial charge in [-0.1, -0.05) is 81.4 Å². The van der Waals surface area contributed by atoms with Crippen LogP contribution in [0.15, 0.2) is 77.2 Å². The zero-order valence-corrected chi connectivity index (χ0v) is 43.5. The lowest BCUT2D eigenvalue weighted by molar-refractivity contribution is -0.144. The van der Waals surface area contributed by atoms with Crippen LogP contribution in [-0.2, 0) is 35.1 Å². The summed E-state index contributed by atoms with van der Waals surface area (Å²) < 4.78 is 7.05. The monoisotopic (exact) mass is 1010 g/mol. The predicted octanol–water partition coefficient (Wildman–Crippen LogP) is 7.46. The molecule has 0 bridgehead atoms. The number of aryl methyl sites for hydroxylation is 4. The zero-order valence-electron chi connectivity index (χ0n) is 41.9. The summed E-state index contributed by atoms with van der Waals surface area (Å²) in [6.07, 6.45) is -0.171. The van der Waals surface area contributed by atoms with Gasteiger partial charge in [0.25, 0.3) is 0 Å². The van der Waals surface area contributed by atoms with E-state index in [1.165, 1.54) is 16.9 Å². The van der Waals surface area contributed by atoms with E-state index in [0.29, 0.717) is 23.8 Å². The fraction of sp³-hybridized carbons (Fsp3) is 0.389. The van der Waals surface area contributed by atoms with Gasteiger partial charge < -0.3 is 30.3 Å². The molecule has 1 saturated heterocycles. The van der Waals surface area contributed by atoms with Crippen LogP contribution in [0.1, 0.15) is 109 Å². The maximum Gasteiger partial charge on any atom is 0.308 e. The van der Waals surface area contributed by atoms with Crippen LogP contribution in [0.25, 0.3) is 26.6 Å². The van der Waals surface area contributed by atoms with Crippen LogP contribution in [0.2, 0.25) is 0 Å². The largest absolute Gasteiger partial charge is 0.469 e. The topological polar surface area (TPSA) is 201 Å². The summed E-state index contributed by atoms with van der Waals surface area (Å²) in [4.78, 5) is 83.5. The summed E-state index contributed by atoms with van der Waals surface area (Å²) in [5, 5.41) is 26.6. The Morgan fingerprint density at radius 2 is 1.60 bits per heavy atom. The van der Waals surface area contributed by atoms with E-state index in [1.807, 2.05) is 118 Å². The molecule has 9 rings (SSSR count). The number of aromatic nitrogens is 4. The molecule has 3 aliphatic rings. The van der Waals surface area contributed by atoms with Crippen molar-refractivity contribution in [1.29, 1.82) is 0 Å². The molecular formula is C54H59N9O7S2. The maximum atomic E-state index is 14.5. The van der Waals surface area contributed by atoms with Crippen molar-refractivity contribution >= 4 is 63.7 Å². The second-order valence-corrected chi connectivity index (χ2v) is 22.0. The number of anilines is 1. The summed E-state index contributed by atoms with van der Waals surface area (Å²) in [6.45, 7) is 14.9. The number of aliphatic hydroxyl groups excluding tert-OH is 1. The molecule has 4 amide bonds. The van der Waals surface area contributed by atoms with Crippen molar-refractivity contribution in [3.63, 3.8) is 0 Å². The Kier molecular flexibility index (Phi) is 13.9. The molecule has 18 heteroatoms. The number of carbonyl (C=O) groups is 5. The number of esters is 1. The molecule has 5 atom stereocenters. The Hall–Kier alpha value is -6.89. The average molecular weight is 1010 g/mol. The number of fused-ring (bicyclic) bond motifs is 4. The second kappa shape index (κ2) is 20.0. The van der Waals surface area contributed by atoms with Gasteiger partial charge in [-0.3, -0.25) is 33.5 Å². The molecule has 374 valence electrons. The summed E-state index contributed by atoms with van der Waals surface area (Å²) in [7, 11) is 1.36. The van der Waals surface area contributed by atoms with Gasteiger partial charge in [0.1, 0.15) is 35.5 Å². The number of ether oxygens (including phenoxy) is 1. The number of aliphatic imine (C=N–C) groups is 1. The Labute approximate surface area is 426 Å². The average Bonchev–Trinajstić information content (AvgIpc) is 4.13. The molecule has 0 radical (unpaired) electrons. The van der Waals surface area contributed by atoms with Crippen molar-refractivity contribution in [3.05, 3.63) is 122 Å². The standard InChI is InChI=1S/C54H59N9O7S2/c1-28-31(4)72-53-46(28)47(57-40(24-45(67)70-9)50-60-59-32(5)63(50)53)36-15-12-34(13-16-36)38-19-14-35-20-21-44(66)61(41(35)22-38)26-43(65)58-49(54(6,7)8)52(69)62-25-39(64)23-42(62)51(68)56-29(2)33-10-17-37(18-11-33)48-30(3)55-27-71-48/h10-19,22,27,29,39-40,42,49,64H,20-21,23-26H2,1-9H3,(H,56,68)(H,58,65)/t29-,39+,40-,42-,49?/m0/s1. The third-order valence-electron chi connectivity index (χ3n) is 14.0.